The minimum absolute atomic E-state index is 0.361. The third-order valence-electron chi connectivity index (χ3n) is 3.40. The first-order valence-electron chi connectivity index (χ1n) is 6.78. The molecule has 19 heavy (non-hydrogen) atoms. The molecule has 1 atom stereocenters. The Morgan fingerprint density at radius 1 is 1.21 bits per heavy atom. The number of nitrogens with one attached hydrogen (secondary N) is 1. The van der Waals surface area contributed by atoms with Gasteiger partial charge in [0, 0.05) is 29.8 Å². The molecule has 0 aliphatic heterocycles. The molecule has 4 heteroatoms. The van der Waals surface area contributed by atoms with Gasteiger partial charge in [-0.25, -0.2) is 0 Å². The Balaban J connectivity index is 2.81. The molecule has 0 aliphatic carbocycles. The van der Waals surface area contributed by atoms with Crippen molar-refractivity contribution in [2.24, 2.45) is 0 Å². The Morgan fingerprint density at radius 2 is 1.89 bits per heavy atom. The van der Waals surface area contributed by atoms with Crippen LogP contribution in [0.15, 0.2) is 22.7 Å². The van der Waals surface area contributed by atoms with Crippen molar-refractivity contribution >= 4 is 21.6 Å². The molecule has 0 saturated carbocycles. The van der Waals surface area contributed by atoms with Gasteiger partial charge >= 0.3 is 0 Å². The van der Waals surface area contributed by atoms with E-state index in [0.29, 0.717) is 6.04 Å². The van der Waals surface area contributed by atoms with Crippen LogP contribution in [-0.2, 0) is 0 Å². The molecular weight excluding hydrogens is 302 g/mol. The van der Waals surface area contributed by atoms with E-state index in [1.54, 1.807) is 0 Å². The van der Waals surface area contributed by atoms with Gasteiger partial charge in [0.15, 0.2) is 0 Å². The lowest BCUT2D eigenvalue weighted by Crippen LogP contribution is -2.25. The van der Waals surface area contributed by atoms with Crippen LogP contribution in [0.1, 0.15) is 24.9 Å². The van der Waals surface area contributed by atoms with Gasteiger partial charge in [-0.1, -0.05) is 22.0 Å². The minimum Gasteiger partial charge on any atom is -0.374 e. The average Bonchev–Trinajstić information content (AvgIpc) is 2.37. The van der Waals surface area contributed by atoms with Gasteiger partial charge in [0.1, 0.15) is 0 Å². The summed E-state index contributed by atoms with van der Waals surface area (Å²) in [6.07, 6.45) is 1.17. The van der Waals surface area contributed by atoms with Crippen LogP contribution in [0.5, 0.6) is 0 Å². The number of nitrogens with zero attached hydrogens (tertiary/aromatic N) is 2. The largest absolute Gasteiger partial charge is 0.374 e. The van der Waals surface area contributed by atoms with E-state index in [9.17, 15) is 0 Å². The second-order valence-corrected chi connectivity index (χ2v) is 6.21. The lowest BCUT2D eigenvalue weighted by molar-refractivity contribution is 0.401. The maximum absolute atomic E-state index is 3.57. The summed E-state index contributed by atoms with van der Waals surface area (Å²) in [4.78, 5) is 4.57. The van der Waals surface area contributed by atoms with Gasteiger partial charge in [0.05, 0.1) is 0 Å². The van der Waals surface area contributed by atoms with Crippen molar-refractivity contribution in [3.8, 4) is 0 Å². The first-order chi connectivity index (χ1) is 8.95. The second-order valence-electron chi connectivity index (χ2n) is 5.29. The Kier molecular flexibility index (Phi) is 6.83. The summed E-state index contributed by atoms with van der Waals surface area (Å²) in [6, 6.07) is 6.88. The molecule has 1 unspecified atom stereocenters. The first-order valence-corrected chi connectivity index (χ1v) is 7.57. The fourth-order valence-electron chi connectivity index (χ4n) is 2.11. The summed E-state index contributed by atoms with van der Waals surface area (Å²) < 4.78 is 1.13. The lowest BCUT2D eigenvalue weighted by atomic mass is 10.1. The molecule has 0 aromatic heterocycles. The third-order valence-corrected chi connectivity index (χ3v) is 3.90. The molecule has 0 saturated heterocycles. The van der Waals surface area contributed by atoms with E-state index in [0.717, 1.165) is 17.6 Å². The SMILES string of the molecule is CNC(C)c1ccc(Br)cc1N(C)CCCN(C)C. The van der Waals surface area contributed by atoms with Gasteiger partial charge in [-0.2, -0.15) is 0 Å². The van der Waals surface area contributed by atoms with Crippen LogP contribution >= 0.6 is 15.9 Å². The number of halogens is 1. The van der Waals surface area contributed by atoms with E-state index in [-0.39, 0.29) is 0 Å². The number of anilines is 1. The molecule has 0 fully saturated rings. The Labute approximate surface area is 126 Å². The molecule has 0 amide bonds. The van der Waals surface area contributed by atoms with Crippen LogP contribution < -0.4 is 10.2 Å². The fraction of sp³-hybridized carbons (Fsp3) is 0.600. The topological polar surface area (TPSA) is 18.5 Å². The molecule has 0 spiro atoms. The predicted octanol–water partition coefficient (Wildman–Crippen LogP) is 3.12. The highest BCUT2D eigenvalue weighted by molar-refractivity contribution is 9.10. The number of hydrogen-bond donors (Lipinski definition) is 1. The van der Waals surface area contributed by atoms with E-state index < -0.39 is 0 Å². The van der Waals surface area contributed by atoms with Crippen molar-refractivity contribution in [2.45, 2.75) is 19.4 Å². The molecule has 0 bridgehead atoms. The highest BCUT2D eigenvalue weighted by atomic mass is 79.9. The number of hydrogen-bond acceptors (Lipinski definition) is 3. The molecule has 1 rings (SSSR count). The first kappa shape index (κ1) is 16.5. The average molecular weight is 328 g/mol. The summed E-state index contributed by atoms with van der Waals surface area (Å²) in [5, 5.41) is 3.32. The monoisotopic (exact) mass is 327 g/mol. The summed E-state index contributed by atoms with van der Waals surface area (Å²) in [5.74, 6) is 0. The molecule has 1 aromatic rings. The molecule has 0 radical (unpaired) electrons. The van der Waals surface area contributed by atoms with Gasteiger partial charge < -0.3 is 15.1 Å². The zero-order valence-electron chi connectivity index (χ0n) is 12.7. The van der Waals surface area contributed by atoms with Gasteiger partial charge in [0.2, 0.25) is 0 Å². The van der Waals surface area contributed by atoms with Crippen LogP contribution in [0.2, 0.25) is 0 Å². The molecule has 1 N–H and O–H groups in total. The van der Waals surface area contributed by atoms with Crippen LogP contribution in [-0.4, -0.2) is 46.2 Å². The Morgan fingerprint density at radius 3 is 2.47 bits per heavy atom. The standard InChI is InChI=1S/C15H26BrN3/c1-12(17-2)14-8-7-13(16)11-15(14)19(5)10-6-9-18(3)4/h7-8,11-12,17H,6,9-10H2,1-5H3. The van der Waals surface area contributed by atoms with Crippen LogP contribution in [0.3, 0.4) is 0 Å². The maximum Gasteiger partial charge on any atom is 0.0423 e. The number of benzene rings is 1. The zero-order valence-corrected chi connectivity index (χ0v) is 14.3. The van der Waals surface area contributed by atoms with Crippen molar-refractivity contribution < 1.29 is 0 Å². The smallest absolute Gasteiger partial charge is 0.0423 e. The summed E-state index contributed by atoms with van der Waals surface area (Å²) in [6.45, 7) is 4.38. The van der Waals surface area contributed by atoms with E-state index in [1.165, 1.54) is 17.7 Å². The van der Waals surface area contributed by atoms with Crippen molar-refractivity contribution in [3.63, 3.8) is 0 Å². The normalized spacial score (nSPS) is 12.8. The number of rotatable bonds is 7. The van der Waals surface area contributed by atoms with Crippen molar-refractivity contribution in [1.29, 1.82) is 0 Å². The van der Waals surface area contributed by atoms with Crippen molar-refractivity contribution in [2.75, 3.05) is 46.2 Å². The van der Waals surface area contributed by atoms with Crippen LogP contribution in [0.4, 0.5) is 5.69 Å². The highest BCUT2D eigenvalue weighted by Gasteiger charge is 2.12. The summed E-state index contributed by atoms with van der Waals surface area (Å²) in [5.41, 5.74) is 2.65. The van der Waals surface area contributed by atoms with E-state index >= 15 is 0 Å². The van der Waals surface area contributed by atoms with Gasteiger partial charge in [-0.05, 0) is 58.7 Å². The van der Waals surface area contributed by atoms with Crippen LogP contribution in [0.25, 0.3) is 0 Å². The zero-order chi connectivity index (χ0) is 14.4. The minimum atomic E-state index is 0.361. The van der Waals surface area contributed by atoms with E-state index in [4.69, 9.17) is 0 Å². The molecule has 0 aliphatic rings. The molecular formula is C15H26BrN3. The third kappa shape index (κ3) is 5.13. The Hall–Kier alpha value is -0.580. The lowest BCUT2D eigenvalue weighted by Gasteiger charge is -2.26. The summed E-state index contributed by atoms with van der Waals surface area (Å²) >= 11 is 3.57. The van der Waals surface area contributed by atoms with Gasteiger partial charge in [0.25, 0.3) is 0 Å². The molecule has 108 valence electrons. The van der Waals surface area contributed by atoms with Crippen LogP contribution in [0, 0.1) is 0 Å². The van der Waals surface area contributed by atoms with Crippen molar-refractivity contribution in [1.82, 2.24) is 10.2 Å². The van der Waals surface area contributed by atoms with Crippen molar-refractivity contribution in [3.05, 3.63) is 28.2 Å². The van der Waals surface area contributed by atoms with Gasteiger partial charge in [-0.3, -0.25) is 0 Å². The fourth-order valence-corrected chi connectivity index (χ4v) is 2.46. The predicted molar refractivity (Wildman–Crippen MR) is 88.1 cm³/mol. The molecule has 1 aromatic carbocycles. The van der Waals surface area contributed by atoms with Gasteiger partial charge in [-0.15, -0.1) is 0 Å². The maximum atomic E-state index is 3.57. The quantitative estimate of drug-likeness (QED) is 0.830. The second kappa shape index (κ2) is 7.88. The molecule has 3 nitrogen and oxygen atoms in total. The summed E-state index contributed by atoms with van der Waals surface area (Å²) in [7, 11) is 8.41. The van der Waals surface area contributed by atoms with E-state index in [1.807, 2.05) is 7.05 Å². The highest BCUT2D eigenvalue weighted by Crippen LogP contribution is 2.29. The molecule has 0 heterocycles. The Bertz CT molecular complexity index is 393. The van der Waals surface area contributed by atoms with E-state index in [2.05, 4.69) is 77.3 Å².